The van der Waals surface area contributed by atoms with Gasteiger partial charge in [0, 0.05) is 11.4 Å². The van der Waals surface area contributed by atoms with Gasteiger partial charge < -0.3 is 14.8 Å². The smallest absolute Gasteiger partial charge is 0.258 e. The first kappa shape index (κ1) is 15.8. The number of nitrogens with one attached hydrogen (secondary N) is 1. The molecule has 0 aliphatic carbocycles. The van der Waals surface area contributed by atoms with Crippen LogP contribution in [0.15, 0.2) is 18.2 Å². The van der Waals surface area contributed by atoms with E-state index in [1.165, 1.54) is 14.2 Å². The van der Waals surface area contributed by atoms with Gasteiger partial charge in [0.05, 0.1) is 14.2 Å². The van der Waals surface area contributed by atoms with E-state index in [1.54, 1.807) is 18.2 Å². The Morgan fingerprint density at radius 2 is 1.89 bits per heavy atom. The molecule has 4 nitrogen and oxygen atoms in total. The highest BCUT2D eigenvalue weighted by Crippen LogP contribution is 2.27. The average Bonchev–Trinajstić information content (AvgIpc) is 2.44. The lowest BCUT2D eigenvalue weighted by Gasteiger charge is -2.14. The van der Waals surface area contributed by atoms with Gasteiger partial charge in [-0.3, -0.25) is 4.79 Å². The van der Waals surface area contributed by atoms with Crippen molar-refractivity contribution in [3.8, 4) is 11.5 Å². The van der Waals surface area contributed by atoms with Crippen molar-refractivity contribution in [2.45, 2.75) is 24.6 Å². The minimum absolute atomic E-state index is 0.185. The number of amides is 1. The Balaban J connectivity index is 2.81. The third kappa shape index (κ3) is 4.42. The molecule has 0 radical (unpaired) electrons. The number of hydrogen-bond donors (Lipinski definition) is 1. The molecule has 106 valence electrons. The van der Waals surface area contributed by atoms with E-state index < -0.39 is 0 Å². The molecule has 0 saturated carbocycles. The molecule has 1 amide bonds. The zero-order valence-corrected chi connectivity index (χ0v) is 13.1. The largest absolute Gasteiger partial charge is 0.496 e. The monoisotopic (exact) mass is 329 g/mol. The standard InChI is InChI=1S/C14H20BrNO3/c1-4-6-10(15)9-16-14(17)13-11(18-2)7-5-8-12(13)19-3/h5,7-8,10H,4,6,9H2,1-3H3,(H,16,17). The Kier molecular flexibility index (Phi) is 6.70. The van der Waals surface area contributed by atoms with E-state index in [0.717, 1.165) is 12.8 Å². The minimum Gasteiger partial charge on any atom is -0.496 e. The summed E-state index contributed by atoms with van der Waals surface area (Å²) in [6.45, 7) is 2.69. The van der Waals surface area contributed by atoms with Gasteiger partial charge in [0.1, 0.15) is 17.1 Å². The quantitative estimate of drug-likeness (QED) is 0.782. The van der Waals surface area contributed by atoms with E-state index in [4.69, 9.17) is 9.47 Å². The highest BCUT2D eigenvalue weighted by atomic mass is 79.9. The van der Waals surface area contributed by atoms with E-state index in [2.05, 4.69) is 28.2 Å². The fraction of sp³-hybridized carbons (Fsp3) is 0.500. The molecule has 1 N–H and O–H groups in total. The van der Waals surface area contributed by atoms with Gasteiger partial charge in [0.2, 0.25) is 0 Å². The van der Waals surface area contributed by atoms with Crippen molar-refractivity contribution in [3.63, 3.8) is 0 Å². The summed E-state index contributed by atoms with van der Waals surface area (Å²) in [5, 5.41) is 2.89. The van der Waals surface area contributed by atoms with Crippen molar-refractivity contribution >= 4 is 21.8 Å². The van der Waals surface area contributed by atoms with Crippen molar-refractivity contribution in [2.24, 2.45) is 0 Å². The summed E-state index contributed by atoms with van der Waals surface area (Å²) in [6, 6.07) is 5.28. The van der Waals surface area contributed by atoms with Crippen molar-refractivity contribution in [1.82, 2.24) is 5.32 Å². The van der Waals surface area contributed by atoms with Gasteiger partial charge in [-0.05, 0) is 18.6 Å². The molecule has 1 aromatic carbocycles. The van der Waals surface area contributed by atoms with E-state index in [-0.39, 0.29) is 10.7 Å². The number of methoxy groups -OCH3 is 2. The lowest BCUT2D eigenvalue weighted by molar-refractivity contribution is 0.0947. The predicted molar refractivity (Wildman–Crippen MR) is 79.5 cm³/mol. The summed E-state index contributed by atoms with van der Waals surface area (Å²) in [6.07, 6.45) is 2.09. The molecule has 0 saturated heterocycles. The second-order valence-electron chi connectivity index (χ2n) is 4.13. The number of carbonyl (C=O) groups excluding carboxylic acids is 1. The molecule has 1 aromatic rings. The molecule has 0 fully saturated rings. The maximum atomic E-state index is 12.2. The number of halogens is 1. The van der Waals surface area contributed by atoms with E-state index >= 15 is 0 Å². The Morgan fingerprint density at radius 3 is 2.37 bits per heavy atom. The van der Waals surface area contributed by atoms with Crippen LogP contribution < -0.4 is 14.8 Å². The first-order valence-electron chi connectivity index (χ1n) is 6.27. The van der Waals surface area contributed by atoms with Gasteiger partial charge in [-0.2, -0.15) is 0 Å². The summed E-state index contributed by atoms with van der Waals surface area (Å²) in [5.41, 5.74) is 0.434. The number of ether oxygens (including phenoxy) is 2. The molecular formula is C14H20BrNO3. The fourth-order valence-corrected chi connectivity index (χ4v) is 2.40. The molecule has 0 bridgehead atoms. The molecule has 0 aliphatic rings. The molecule has 0 heterocycles. The number of hydrogen-bond acceptors (Lipinski definition) is 3. The Hall–Kier alpha value is -1.23. The highest BCUT2D eigenvalue weighted by Gasteiger charge is 2.18. The molecule has 5 heteroatoms. The molecule has 0 aliphatic heterocycles. The Morgan fingerprint density at radius 1 is 1.32 bits per heavy atom. The van der Waals surface area contributed by atoms with Crippen LogP contribution >= 0.6 is 15.9 Å². The third-order valence-corrected chi connectivity index (χ3v) is 3.52. The SMILES string of the molecule is CCCC(Br)CNC(=O)c1c(OC)cccc1OC. The van der Waals surface area contributed by atoms with Crippen LogP contribution in [0, 0.1) is 0 Å². The molecule has 1 unspecified atom stereocenters. The fourth-order valence-electron chi connectivity index (χ4n) is 1.78. The minimum atomic E-state index is -0.185. The maximum absolute atomic E-state index is 12.2. The van der Waals surface area contributed by atoms with Crippen LogP contribution in [0.4, 0.5) is 0 Å². The summed E-state index contributed by atoms with van der Waals surface area (Å²) in [4.78, 5) is 12.5. The summed E-state index contributed by atoms with van der Waals surface area (Å²) in [5.74, 6) is 0.840. The Labute approximate surface area is 122 Å². The van der Waals surface area contributed by atoms with Crippen molar-refractivity contribution in [3.05, 3.63) is 23.8 Å². The lowest BCUT2D eigenvalue weighted by atomic mass is 10.1. The lowest BCUT2D eigenvalue weighted by Crippen LogP contribution is -2.30. The normalized spacial score (nSPS) is 11.8. The first-order chi connectivity index (χ1) is 9.13. The summed E-state index contributed by atoms with van der Waals surface area (Å²) in [7, 11) is 3.08. The van der Waals surface area contributed by atoms with Crippen LogP contribution in [-0.2, 0) is 0 Å². The van der Waals surface area contributed by atoms with Crippen molar-refractivity contribution in [1.29, 1.82) is 0 Å². The number of benzene rings is 1. The van der Waals surface area contributed by atoms with Crippen LogP contribution in [0.25, 0.3) is 0 Å². The van der Waals surface area contributed by atoms with Crippen LogP contribution in [-0.4, -0.2) is 31.5 Å². The van der Waals surface area contributed by atoms with E-state index in [1.807, 2.05) is 0 Å². The molecular weight excluding hydrogens is 310 g/mol. The van der Waals surface area contributed by atoms with Crippen molar-refractivity contribution in [2.75, 3.05) is 20.8 Å². The number of rotatable bonds is 7. The van der Waals surface area contributed by atoms with Gasteiger partial charge in [0.15, 0.2) is 0 Å². The van der Waals surface area contributed by atoms with E-state index in [9.17, 15) is 4.79 Å². The van der Waals surface area contributed by atoms with E-state index in [0.29, 0.717) is 23.6 Å². The van der Waals surface area contributed by atoms with Crippen molar-refractivity contribution < 1.29 is 14.3 Å². The zero-order valence-electron chi connectivity index (χ0n) is 11.5. The molecule has 1 rings (SSSR count). The molecule has 0 spiro atoms. The van der Waals surface area contributed by atoms with Crippen LogP contribution in [0.1, 0.15) is 30.1 Å². The van der Waals surface area contributed by atoms with Crippen LogP contribution in [0.3, 0.4) is 0 Å². The first-order valence-corrected chi connectivity index (χ1v) is 7.18. The number of alkyl halides is 1. The van der Waals surface area contributed by atoms with Gasteiger partial charge in [-0.25, -0.2) is 0 Å². The number of carbonyl (C=O) groups is 1. The molecule has 1 atom stereocenters. The Bertz CT molecular complexity index is 401. The van der Waals surface area contributed by atoms with Gasteiger partial charge >= 0.3 is 0 Å². The average molecular weight is 330 g/mol. The van der Waals surface area contributed by atoms with Gasteiger partial charge in [-0.15, -0.1) is 0 Å². The maximum Gasteiger partial charge on any atom is 0.258 e. The van der Waals surface area contributed by atoms with Crippen LogP contribution in [0.5, 0.6) is 11.5 Å². The molecule has 19 heavy (non-hydrogen) atoms. The molecule has 0 aromatic heterocycles. The highest BCUT2D eigenvalue weighted by molar-refractivity contribution is 9.09. The van der Waals surface area contributed by atoms with Crippen LogP contribution in [0.2, 0.25) is 0 Å². The van der Waals surface area contributed by atoms with Gasteiger partial charge in [0.25, 0.3) is 5.91 Å². The summed E-state index contributed by atoms with van der Waals surface area (Å²) < 4.78 is 10.4. The topological polar surface area (TPSA) is 47.6 Å². The van der Waals surface area contributed by atoms with Gasteiger partial charge in [-0.1, -0.05) is 35.3 Å². The zero-order chi connectivity index (χ0) is 14.3. The second-order valence-corrected chi connectivity index (χ2v) is 5.43. The third-order valence-electron chi connectivity index (χ3n) is 2.74. The second kappa shape index (κ2) is 8.04. The predicted octanol–water partition coefficient (Wildman–Crippen LogP) is 3.00. The summed E-state index contributed by atoms with van der Waals surface area (Å²) >= 11 is 3.53.